The number of benzene rings is 1. The van der Waals surface area contributed by atoms with Crippen LogP contribution in [0.25, 0.3) is 0 Å². The highest BCUT2D eigenvalue weighted by Crippen LogP contribution is 2.30. The number of carbonyl (C=O) groups is 1. The highest BCUT2D eigenvalue weighted by atomic mass is 35.5. The van der Waals surface area contributed by atoms with Gasteiger partial charge in [0, 0.05) is 18.5 Å². The maximum absolute atomic E-state index is 12.9. The smallest absolute Gasteiger partial charge is 0.226 e. The van der Waals surface area contributed by atoms with Gasteiger partial charge >= 0.3 is 0 Å². The predicted octanol–water partition coefficient (Wildman–Crippen LogP) is 2.64. The van der Waals surface area contributed by atoms with Crippen LogP contribution >= 0.6 is 12.4 Å². The van der Waals surface area contributed by atoms with Crippen molar-refractivity contribution in [3.05, 3.63) is 35.6 Å². The van der Waals surface area contributed by atoms with E-state index in [1.165, 1.54) is 12.1 Å². The molecule has 22 heavy (non-hydrogen) atoms. The summed E-state index contributed by atoms with van der Waals surface area (Å²) >= 11 is 0. The molecule has 1 aromatic rings. The highest BCUT2D eigenvalue weighted by Gasteiger charge is 2.37. The number of nitrogens with zero attached hydrogens (tertiary/aromatic N) is 1. The maximum atomic E-state index is 12.9. The van der Waals surface area contributed by atoms with Crippen molar-refractivity contribution in [3.63, 3.8) is 0 Å². The molecule has 1 saturated carbocycles. The van der Waals surface area contributed by atoms with Gasteiger partial charge in [0.15, 0.2) is 0 Å². The molecular weight excluding hydrogens is 303 g/mol. The summed E-state index contributed by atoms with van der Waals surface area (Å²) in [4.78, 5) is 14.7. The Morgan fingerprint density at radius 1 is 1.32 bits per heavy atom. The molecular formula is C17H24ClFN2O. The number of nitrogens with one attached hydrogen (secondary N) is 1. The molecule has 3 rings (SSSR count). The van der Waals surface area contributed by atoms with Crippen molar-refractivity contribution in [3.8, 4) is 0 Å². The molecule has 1 heterocycles. The summed E-state index contributed by atoms with van der Waals surface area (Å²) in [6, 6.07) is 7.03. The number of hydrogen-bond acceptors (Lipinski definition) is 2. The molecule has 1 saturated heterocycles. The minimum atomic E-state index is -0.208. The minimum absolute atomic E-state index is 0. The minimum Gasteiger partial charge on any atom is -0.339 e. The molecule has 1 aliphatic heterocycles. The SMILES string of the molecule is CC(C(=O)N(CCc1ccc(F)cc1)C1CC1)C1CNC1.Cl. The molecule has 1 unspecified atom stereocenters. The first-order chi connectivity index (χ1) is 10.1. The van der Waals surface area contributed by atoms with E-state index in [-0.39, 0.29) is 24.1 Å². The van der Waals surface area contributed by atoms with Gasteiger partial charge in [-0.2, -0.15) is 0 Å². The van der Waals surface area contributed by atoms with Gasteiger partial charge in [-0.3, -0.25) is 4.79 Å². The van der Waals surface area contributed by atoms with Crippen LogP contribution in [0.5, 0.6) is 0 Å². The first-order valence-electron chi connectivity index (χ1n) is 7.91. The van der Waals surface area contributed by atoms with E-state index >= 15 is 0 Å². The largest absolute Gasteiger partial charge is 0.339 e. The molecule has 1 aromatic carbocycles. The molecule has 1 aliphatic carbocycles. The zero-order valence-electron chi connectivity index (χ0n) is 12.9. The molecule has 122 valence electrons. The quantitative estimate of drug-likeness (QED) is 0.871. The van der Waals surface area contributed by atoms with Gasteiger partial charge in [-0.05, 0) is 56.0 Å². The number of halogens is 2. The average molecular weight is 327 g/mol. The maximum Gasteiger partial charge on any atom is 0.226 e. The lowest BCUT2D eigenvalue weighted by Crippen LogP contribution is -2.51. The molecule has 5 heteroatoms. The highest BCUT2D eigenvalue weighted by molar-refractivity contribution is 5.85. The Kier molecular flexibility index (Phi) is 5.81. The molecule has 0 spiro atoms. The summed E-state index contributed by atoms with van der Waals surface area (Å²) in [6.07, 6.45) is 3.06. The fourth-order valence-corrected chi connectivity index (χ4v) is 2.89. The molecule has 1 N–H and O–H groups in total. The first kappa shape index (κ1) is 17.2. The molecule has 1 amide bonds. The summed E-state index contributed by atoms with van der Waals surface area (Å²) in [5.74, 6) is 0.690. The standard InChI is InChI=1S/C17H23FN2O.ClH/c1-12(14-10-19-11-14)17(21)20(16-6-7-16)9-8-13-2-4-15(18)5-3-13;/h2-5,12,14,16,19H,6-11H2,1H3;1H. The van der Waals surface area contributed by atoms with Gasteiger partial charge in [0.1, 0.15) is 5.82 Å². The van der Waals surface area contributed by atoms with Crippen LogP contribution in [0.4, 0.5) is 4.39 Å². The van der Waals surface area contributed by atoms with Crippen LogP contribution in [0.1, 0.15) is 25.3 Å². The first-order valence-corrected chi connectivity index (χ1v) is 7.91. The Balaban J connectivity index is 0.00000176. The van der Waals surface area contributed by atoms with Crippen LogP contribution < -0.4 is 5.32 Å². The van der Waals surface area contributed by atoms with Crippen molar-refractivity contribution in [2.24, 2.45) is 11.8 Å². The Morgan fingerprint density at radius 3 is 2.45 bits per heavy atom. The lowest BCUT2D eigenvalue weighted by Gasteiger charge is -2.35. The zero-order valence-corrected chi connectivity index (χ0v) is 13.7. The van der Waals surface area contributed by atoms with E-state index in [1.807, 2.05) is 12.1 Å². The third-order valence-electron chi connectivity index (χ3n) is 4.74. The van der Waals surface area contributed by atoms with E-state index in [9.17, 15) is 9.18 Å². The number of hydrogen-bond donors (Lipinski definition) is 1. The second-order valence-corrected chi connectivity index (χ2v) is 6.35. The Hall–Kier alpha value is -1.13. The average Bonchev–Trinajstić information content (AvgIpc) is 3.23. The van der Waals surface area contributed by atoms with E-state index in [2.05, 4.69) is 17.1 Å². The van der Waals surface area contributed by atoms with Gasteiger partial charge in [-0.25, -0.2) is 4.39 Å². The summed E-state index contributed by atoms with van der Waals surface area (Å²) in [6.45, 7) is 4.73. The van der Waals surface area contributed by atoms with Gasteiger partial charge in [0.25, 0.3) is 0 Å². The van der Waals surface area contributed by atoms with Gasteiger partial charge in [0.05, 0.1) is 0 Å². The Labute approximate surface area is 137 Å². The summed E-state index contributed by atoms with van der Waals surface area (Å²) < 4.78 is 12.9. The van der Waals surface area contributed by atoms with Crippen molar-refractivity contribution in [2.75, 3.05) is 19.6 Å². The van der Waals surface area contributed by atoms with Crippen molar-refractivity contribution >= 4 is 18.3 Å². The lowest BCUT2D eigenvalue weighted by molar-refractivity contribution is -0.138. The van der Waals surface area contributed by atoms with Crippen LogP contribution in [-0.2, 0) is 11.2 Å². The topological polar surface area (TPSA) is 32.3 Å². The van der Waals surface area contributed by atoms with Crippen molar-refractivity contribution in [2.45, 2.75) is 32.2 Å². The second-order valence-electron chi connectivity index (χ2n) is 6.35. The van der Waals surface area contributed by atoms with E-state index in [4.69, 9.17) is 0 Å². The lowest BCUT2D eigenvalue weighted by atomic mass is 9.88. The van der Waals surface area contributed by atoms with E-state index in [0.29, 0.717) is 17.9 Å². The number of amides is 1. The van der Waals surface area contributed by atoms with Crippen molar-refractivity contribution in [1.82, 2.24) is 10.2 Å². The Bertz CT molecular complexity index is 500. The summed E-state index contributed by atoms with van der Waals surface area (Å²) in [5.41, 5.74) is 1.09. The van der Waals surface area contributed by atoms with Crippen LogP contribution in [0, 0.1) is 17.7 Å². The Morgan fingerprint density at radius 2 is 1.95 bits per heavy atom. The number of rotatable bonds is 6. The van der Waals surface area contributed by atoms with Crippen LogP contribution in [0.3, 0.4) is 0 Å². The molecule has 0 bridgehead atoms. The fourth-order valence-electron chi connectivity index (χ4n) is 2.89. The summed E-state index contributed by atoms with van der Waals surface area (Å²) in [7, 11) is 0. The molecule has 1 atom stereocenters. The van der Waals surface area contributed by atoms with Crippen LogP contribution in [0.2, 0.25) is 0 Å². The van der Waals surface area contributed by atoms with Gasteiger partial charge in [0.2, 0.25) is 5.91 Å². The van der Waals surface area contributed by atoms with E-state index in [0.717, 1.165) is 44.5 Å². The normalized spacial score (nSPS) is 19.0. The zero-order chi connectivity index (χ0) is 14.8. The fraction of sp³-hybridized carbons (Fsp3) is 0.588. The van der Waals surface area contributed by atoms with Crippen LogP contribution in [-0.4, -0.2) is 36.5 Å². The molecule has 2 aliphatic rings. The third kappa shape index (κ3) is 3.99. The van der Waals surface area contributed by atoms with Crippen molar-refractivity contribution < 1.29 is 9.18 Å². The van der Waals surface area contributed by atoms with Gasteiger partial charge in [-0.1, -0.05) is 19.1 Å². The second kappa shape index (κ2) is 7.42. The molecule has 0 aromatic heterocycles. The molecule has 2 fully saturated rings. The predicted molar refractivity (Wildman–Crippen MR) is 87.6 cm³/mol. The van der Waals surface area contributed by atoms with E-state index in [1.54, 1.807) is 0 Å². The van der Waals surface area contributed by atoms with Crippen molar-refractivity contribution in [1.29, 1.82) is 0 Å². The van der Waals surface area contributed by atoms with Gasteiger partial charge in [-0.15, -0.1) is 12.4 Å². The monoisotopic (exact) mass is 326 g/mol. The molecule has 3 nitrogen and oxygen atoms in total. The van der Waals surface area contributed by atoms with E-state index < -0.39 is 0 Å². The van der Waals surface area contributed by atoms with Gasteiger partial charge < -0.3 is 10.2 Å². The number of carbonyl (C=O) groups excluding carboxylic acids is 1. The molecule has 0 radical (unpaired) electrons. The third-order valence-corrected chi connectivity index (χ3v) is 4.74. The van der Waals surface area contributed by atoms with Crippen LogP contribution in [0.15, 0.2) is 24.3 Å². The summed E-state index contributed by atoms with van der Waals surface area (Å²) in [5, 5.41) is 3.24.